The third kappa shape index (κ3) is 3.80. The van der Waals surface area contributed by atoms with Crippen molar-refractivity contribution < 1.29 is 4.74 Å². The lowest BCUT2D eigenvalue weighted by Crippen LogP contribution is -2.30. The van der Waals surface area contributed by atoms with Crippen molar-refractivity contribution in [2.24, 2.45) is 5.92 Å². The van der Waals surface area contributed by atoms with Gasteiger partial charge in [0.1, 0.15) is 0 Å². The maximum Gasteiger partial charge on any atom is 0.0469 e. The number of nitrogens with one attached hydrogen (secondary N) is 1. The second-order valence-corrected chi connectivity index (χ2v) is 6.00. The normalized spacial score (nSPS) is 18.5. The molecule has 0 aliphatic carbocycles. The predicted molar refractivity (Wildman–Crippen MR) is 80.6 cm³/mol. The molecule has 1 fully saturated rings. The minimum Gasteiger partial charge on any atom is -0.381 e. The fraction of sp³-hybridized carbons (Fsp3) is 0.647. The molecule has 1 unspecified atom stereocenters. The van der Waals surface area contributed by atoms with Crippen molar-refractivity contribution in [3.63, 3.8) is 0 Å². The van der Waals surface area contributed by atoms with Crippen molar-refractivity contribution in [2.45, 2.75) is 46.6 Å². The molecule has 1 aromatic carbocycles. The Morgan fingerprint density at radius 1 is 1.16 bits per heavy atom. The Bertz CT molecular complexity index is 398. The fourth-order valence-electron chi connectivity index (χ4n) is 3.27. The van der Waals surface area contributed by atoms with Crippen LogP contribution in [-0.2, 0) is 4.74 Å². The van der Waals surface area contributed by atoms with E-state index in [1.165, 1.54) is 35.1 Å². The van der Waals surface area contributed by atoms with Crippen LogP contribution in [0.3, 0.4) is 0 Å². The molecular formula is C17H27NO. The minimum absolute atomic E-state index is 0.434. The van der Waals surface area contributed by atoms with Gasteiger partial charge < -0.3 is 10.1 Å². The molecule has 0 amide bonds. The van der Waals surface area contributed by atoms with Crippen molar-refractivity contribution in [3.05, 3.63) is 34.4 Å². The van der Waals surface area contributed by atoms with Crippen molar-refractivity contribution >= 4 is 0 Å². The second-order valence-electron chi connectivity index (χ2n) is 6.00. The van der Waals surface area contributed by atoms with E-state index in [9.17, 15) is 0 Å². The molecular weight excluding hydrogens is 234 g/mol. The Hall–Kier alpha value is -0.860. The van der Waals surface area contributed by atoms with Crippen LogP contribution < -0.4 is 5.32 Å². The zero-order valence-electron chi connectivity index (χ0n) is 12.8. The molecule has 19 heavy (non-hydrogen) atoms. The quantitative estimate of drug-likeness (QED) is 0.892. The average molecular weight is 261 g/mol. The molecule has 2 nitrogen and oxygen atoms in total. The van der Waals surface area contributed by atoms with E-state index in [0.717, 1.165) is 25.7 Å². The zero-order chi connectivity index (χ0) is 13.8. The summed E-state index contributed by atoms with van der Waals surface area (Å²) in [4.78, 5) is 0. The van der Waals surface area contributed by atoms with E-state index in [-0.39, 0.29) is 0 Å². The highest BCUT2D eigenvalue weighted by Crippen LogP contribution is 2.24. The van der Waals surface area contributed by atoms with Gasteiger partial charge >= 0.3 is 0 Å². The number of rotatable bonds is 4. The van der Waals surface area contributed by atoms with Crippen molar-refractivity contribution in [1.29, 1.82) is 0 Å². The largest absolute Gasteiger partial charge is 0.381 e. The SMILES string of the molecule is Cc1cc(C)c(C(C)NCC2CCOCC2)c(C)c1. The van der Waals surface area contributed by atoms with E-state index in [1.807, 2.05) is 0 Å². The first-order valence-electron chi connectivity index (χ1n) is 7.47. The number of hydrogen-bond acceptors (Lipinski definition) is 2. The standard InChI is InChI=1S/C17H27NO/c1-12-9-13(2)17(14(3)10-12)15(4)18-11-16-5-7-19-8-6-16/h9-10,15-16,18H,5-8,11H2,1-4H3. The number of aryl methyl sites for hydroxylation is 3. The van der Waals surface area contributed by atoms with Crippen molar-refractivity contribution in [3.8, 4) is 0 Å². The molecule has 1 N–H and O–H groups in total. The zero-order valence-corrected chi connectivity index (χ0v) is 12.8. The van der Waals surface area contributed by atoms with Crippen LogP contribution in [0.15, 0.2) is 12.1 Å². The molecule has 2 rings (SSSR count). The van der Waals surface area contributed by atoms with Crippen LogP contribution in [0.4, 0.5) is 0 Å². The van der Waals surface area contributed by atoms with E-state index >= 15 is 0 Å². The molecule has 0 spiro atoms. The van der Waals surface area contributed by atoms with Gasteiger partial charge in [0.05, 0.1) is 0 Å². The summed E-state index contributed by atoms with van der Waals surface area (Å²) in [6.07, 6.45) is 2.40. The highest BCUT2D eigenvalue weighted by atomic mass is 16.5. The van der Waals surface area contributed by atoms with E-state index in [0.29, 0.717) is 6.04 Å². The summed E-state index contributed by atoms with van der Waals surface area (Å²) in [6.45, 7) is 11.9. The number of ether oxygens (including phenoxy) is 1. The Kier molecular flexibility index (Phi) is 5.00. The molecule has 0 radical (unpaired) electrons. The lowest BCUT2D eigenvalue weighted by molar-refractivity contribution is 0.0656. The van der Waals surface area contributed by atoms with E-state index in [1.54, 1.807) is 0 Å². The van der Waals surface area contributed by atoms with Crippen LogP contribution in [0.1, 0.15) is 48.1 Å². The average Bonchev–Trinajstić information content (AvgIpc) is 2.36. The van der Waals surface area contributed by atoms with Crippen molar-refractivity contribution in [1.82, 2.24) is 5.32 Å². The molecule has 1 atom stereocenters. The summed E-state index contributed by atoms with van der Waals surface area (Å²) < 4.78 is 5.41. The molecule has 0 saturated carbocycles. The molecule has 1 aliphatic heterocycles. The van der Waals surface area contributed by atoms with E-state index in [2.05, 4.69) is 45.1 Å². The molecule has 1 saturated heterocycles. The van der Waals surface area contributed by atoms with Gasteiger partial charge in [-0.05, 0) is 69.7 Å². The van der Waals surface area contributed by atoms with Crippen molar-refractivity contribution in [2.75, 3.05) is 19.8 Å². The molecule has 0 bridgehead atoms. The highest BCUT2D eigenvalue weighted by Gasteiger charge is 2.16. The summed E-state index contributed by atoms with van der Waals surface area (Å²) in [5.74, 6) is 0.780. The van der Waals surface area contributed by atoms with Gasteiger partial charge in [-0.3, -0.25) is 0 Å². The van der Waals surface area contributed by atoms with E-state index < -0.39 is 0 Å². The first-order valence-corrected chi connectivity index (χ1v) is 7.47. The summed E-state index contributed by atoms with van der Waals surface area (Å²) in [7, 11) is 0. The van der Waals surface area contributed by atoms with Gasteiger partial charge in [0.2, 0.25) is 0 Å². The number of benzene rings is 1. The minimum atomic E-state index is 0.434. The third-order valence-electron chi connectivity index (χ3n) is 4.22. The van der Waals surface area contributed by atoms with Crippen LogP contribution in [0, 0.1) is 26.7 Å². The molecule has 2 heteroatoms. The molecule has 0 aromatic heterocycles. The Morgan fingerprint density at radius 3 is 2.32 bits per heavy atom. The fourth-order valence-corrected chi connectivity index (χ4v) is 3.27. The Balaban J connectivity index is 1.97. The van der Waals surface area contributed by atoms with Gasteiger partial charge in [0, 0.05) is 19.3 Å². The van der Waals surface area contributed by atoms with Gasteiger partial charge in [-0.2, -0.15) is 0 Å². The van der Waals surface area contributed by atoms with Crippen LogP contribution in [0.25, 0.3) is 0 Å². The van der Waals surface area contributed by atoms with Gasteiger partial charge in [0.25, 0.3) is 0 Å². The van der Waals surface area contributed by atoms with Crippen LogP contribution in [-0.4, -0.2) is 19.8 Å². The van der Waals surface area contributed by atoms with Gasteiger partial charge in [-0.25, -0.2) is 0 Å². The molecule has 1 aliphatic rings. The highest BCUT2D eigenvalue weighted by molar-refractivity contribution is 5.39. The van der Waals surface area contributed by atoms with Gasteiger partial charge in [-0.15, -0.1) is 0 Å². The lowest BCUT2D eigenvalue weighted by atomic mass is 9.94. The number of hydrogen-bond donors (Lipinski definition) is 1. The monoisotopic (exact) mass is 261 g/mol. The van der Waals surface area contributed by atoms with Gasteiger partial charge in [-0.1, -0.05) is 17.7 Å². The van der Waals surface area contributed by atoms with Gasteiger partial charge in [0.15, 0.2) is 0 Å². The second kappa shape index (κ2) is 6.53. The molecule has 1 heterocycles. The molecule has 106 valence electrons. The smallest absolute Gasteiger partial charge is 0.0469 e. The third-order valence-corrected chi connectivity index (χ3v) is 4.22. The molecule has 1 aromatic rings. The summed E-state index contributed by atoms with van der Waals surface area (Å²) in [5.41, 5.74) is 5.64. The topological polar surface area (TPSA) is 21.3 Å². The Morgan fingerprint density at radius 2 is 1.74 bits per heavy atom. The van der Waals surface area contributed by atoms with Crippen LogP contribution >= 0.6 is 0 Å². The first kappa shape index (κ1) is 14.5. The summed E-state index contributed by atoms with van der Waals surface area (Å²) >= 11 is 0. The Labute approximate surface area is 117 Å². The lowest BCUT2D eigenvalue weighted by Gasteiger charge is -2.26. The first-order chi connectivity index (χ1) is 9.08. The predicted octanol–water partition coefficient (Wildman–Crippen LogP) is 3.69. The van der Waals surface area contributed by atoms with Crippen LogP contribution in [0.2, 0.25) is 0 Å². The van der Waals surface area contributed by atoms with E-state index in [4.69, 9.17) is 4.74 Å². The summed E-state index contributed by atoms with van der Waals surface area (Å²) in [5, 5.41) is 3.71. The van der Waals surface area contributed by atoms with Crippen LogP contribution in [0.5, 0.6) is 0 Å². The maximum atomic E-state index is 5.41. The summed E-state index contributed by atoms with van der Waals surface area (Å²) in [6, 6.07) is 5.01. The maximum absolute atomic E-state index is 5.41.